The van der Waals surface area contributed by atoms with Crippen molar-refractivity contribution >= 4 is 12.2 Å². The zero-order valence-electron chi connectivity index (χ0n) is 10.1. The molecular weight excluding hydrogens is 252 g/mol. The first-order valence-corrected chi connectivity index (χ1v) is 5.24. The van der Waals surface area contributed by atoms with Crippen molar-refractivity contribution in [1.82, 2.24) is 0 Å². The molecule has 100 valence electrons. The number of aliphatic carboxylic acids is 1. The van der Waals surface area contributed by atoms with Gasteiger partial charge in [0.05, 0.1) is 13.3 Å². The number of hydrogen-bond acceptors (Lipinski definition) is 6. The van der Waals surface area contributed by atoms with Gasteiger partial charge in [-0.15, -0.1) is 0 Å². The third kappa shape index (κ3) is 4.55. The highest BCUT2D eigenvalue weighted by molar-refractivity contribution is 5.92. The molecule has 0 fully saturated rings. The van der Waals surface area contributed by atoms with Crippen LogP contribution in [0, 0.1) is 11.3 Å². The second kappa shape index (κ2) is 7.55. The molecule has 0 saturated heterocycles. The van der Waals surface area contributed by atoms with Gasteiger partial charge in [0.15, 0.2) is 11.5 Å². The lowest BCUT2D eigenvalue weighted by Gasteiger charge is -2.13. The molecule has 1 rings (SSSR count). The first-order chi connectivity index (χ1) is 9.19. The summed E-state index contributed by atoms with van der Waals surface area (Å²) in [7, 11) is 1.45. The molecule has 0 aliphatic rings. The maximum atomic E-state index is 11.0. The van der Waals surface area contributed by atoms with Crippen molar-refractivity contribution < 1.29 is 24.2 Å². The number of nitrogens with zero attached hydrogens (tertiary/aromatic N) is 2. The lowest BCUT2D eigenvalue weighted by molar-refractivity contribution is -0.141. The van der Waals surface area contributed by atoms with E-state index in [-0.39, 0.29) is 12.4 Å². The normalized spacial score (nSPS) is 11.6. The summed E-state index contributed by atoms with van der Waals surface area (Å²) in [5.74, 6) is -0.570. The van der Waals surface area contributed by atoms with E-state index in [9.17, 15) is 4.79 Å². The molecule has 0 spiro atoms. The predicted octanol–water partition coefficient (Wildman–Crippen LogP) is 1.05. The molecule has 0 radical (unpaired) electrons. The quantitative estimate of drug-likeness (QED) is 0.448. The first kappa shape index (κ1) is 14.3. The molecule has 1 unspecified atom stereocenters. The molecule has 19 heavy (non-hydrogen) atoms. The van der Waals surface area contributed by atoms with E-state index in [0.717, 1.165) is 6.21 Å². The van der Waals surface area contributed by atoms with Crippen molar-refractivity contribution in [3.63, 3.8) is 0 Å². The molecule has 0 aliphatic carbocycles. The minimum Gasteiger partial charge on any atom is -0.493 e. The Morgan fingerprint density at radius 3 is 2.79 bits per heavy atom. The fourth-order valence-electron chi connectivity index (χ4n) is 1.16. The second-order valence-corrected chi connectivity index (χ2v) is 3.21. The monoisotopic (exact) mass is 264 g/mol. The summed E-state index contributed by atoms with van der Waals surface area (Å²) in [6, 6.07) is 8.31. The number of para-hydroxylation sites is 2. The third-order valence-electron chi connectivity index (χ3n) is 1.97. The molecule has 0 heterocycles. The fraction of sp³-hybridized carbons (Fsp3) is 0.250. The Kier molecular flexibility index (Phi) is 5.69. The average Bonchev–Trinajstić information content (AvgIpc) is 2.42. The van der Waals surface area contributed by atoms with E-state index in [4.69, 9.17) is 19.8 Å². The topological polar surface area (TPSA) is 101 Å². The smallest absolute Gasteiger partial charge is 0.350 e. The van der Waals surface area contributed by atoms with Crippen molar-refractivity contribution in [3.8, 4) is 17.6 Å². The van der Waals surface area contributed by atoms with Crippen molar-refractivity contribution in [1.29, 1.82) is 5.26 Å². The molecule has 1 aromatic carbocycles. The van der Waals surface area contributed by atoms with Gasteiger partial charge in [-0.25, -0.2) is 4.79 Å². The summed E-state index contributed by atoms with van der Waals surface area (Å²) in [5.41, 5.74) is 0. The largest absolute Gasteiger partial charge is 0.493 e. The number of rotatable bonds is 7. The predicted molar refractivity (Wildman–Crippen MR) is 65.1 cm³/mol. The Bertz CT molecular complexity index is 495. The Hall–Kier alpha value is -2.75. The van der Waals surface area contributed by atoms with Crippen LogP contribution in [0.5, 0.6) is 11.5 Å². The molecule has 7 heteroatoms. The highest BCUT2D eigenvalue weighted by atomic mass is 16.6. The zero-order valence-corrected chi connectivity index (χ0v) is 10.1. The summed E-state index contributed by atoms with van der Waals surface area (Å²) in [6.45, 7) is -0.266. The van der Waals surface area contributed by atoms with Crippen LogP contribution in [0.1, 0.15) is 0 Å². The van der Waals surface area contributed by atoms with E-state index in [1.807, 2.05) is 0 Å². The molecule has 1 N–H and O–H groups in total. The van der Waals surface area contributed by atoms with Gasteiger partial charge in [-0.3, -0.25) is 0 Å². The van der Waals surface area contributed by atoms with Crippen LogP contribution in [-0.2, 0) is 9.63 Å². The molecule has 1 atom stereocenters. The average molecular weight is 264 g/mol. The summed E-state index contributed by atoms with van der Waals surface area (Å²) in [5, 5.41) is 20.5. The second-order valence-electron chi connectivity index (χ2n) is 3.21. The number of benzene rings is 1. The number of oxime groups is 1. The number of hydrogen-bond donors (Lipinski definition) is 1. The van der Waals surface area contributed by atoms with Crippen LogP contribution in [0.3, 0.4) is 0 Å². The van der Waals surface area contributed by atoms with Crippen LogP contribution in [-0.4, -0.2) is 37.1 Å². The highest BCUT2D eigenvalue weighted by Gasteiger charge is 2.19. The van der Waals surface area contributed by atoms with Crippen molar-refractivity contribution in [2.75, 3.05) is 13.7 Å². The number of ether oxygens (including phenoxy) is 2. The van der Waals surface area contributed by atoms with Gasteiger partial charge in [0.25, 0.3) is 0 Å². The van der Waals surface area contributed by atoms with Crippen LogP contribution in [0.15, 0.2) is 29.4 Å². The van der Waals surface area contributed by atoms with Crippen LogP contribution in [0.25, 0.3) is 0 Å². The number of methoxy groups -OCH3 is 1. The number of nitriles is 1. The summed E-state index contributed by atoms with van der Waals surface area (Å²) >= 11 is 0. The molecule has 0 saturated carbocycles. The molecule has 1 aromatic rings. The van der Waals surface area contributed by atoms with E-state index < -0.39 is 12.1 Å². The van der Waals surface area contributed by atoms with Crippen molar-refractivity contribution in [2.45, 2.75) is 6.10 Å². The van der Waals surface area contributed by atoms with E-state index in [1.54, 1.807) is 30.3 Å². The van der Waals surface area contributed by atoms with E-state index >= 15 is 0 Å². The maximum absolute atomic E-state index is 11.0. The van der Waals surface area contributed by atoms with E-state index in [0.29, 0.717) is 5.75 Å². The minimum atomic E-state index is -1.34. The Labute approximate surface area is 109 Å². The van der Waals surface area contributed by atoms with Gasteiger partial charge in [-0.1, -0.05) is 17.3 Å². The maximum Gasteiger partial charge on any atom is 0.350 e. The number of carbonyl (C=O) groups is 1. The van der Waals surface area contributed by atoms with Gasteiger partial charge in [-0.05, 0) is 12.1 Å². The zero-order chi connectivity index (χ0) is 14.1. The lowest BCUT2D eigenvalue weighted by atomic mass is 10.3. The highest BCUT2D eigenvalue weighted by Crippen LogP contribution is 2.26. The standard InChI is InChI=1S/C12H12N2O5/c1-17-9-4-2-3-5-10(9)19-11(12(15)16)8-14-18-7-6-13/h2-5,8,11H,7H2,1H3,(H,15,16). The Morgan fingerprint density at radius 2 is 2.21 bits per heavy atom. The molecule has 0 bridgehead atoms. The van der Waals surface area contributed by atoms with Crippen LogP contribution in [0.4, 0.5) is 0 Å². The van der Waals surface area contributed by atoms with Gasteiger partial charge >= 0.3 is 5.97 Å². The summed E-state index contributed by atoms with van der Waals surface area (Å²) in [4.78, 5) is 15.5. The van der Waals surface area contributed by atoms with E-state index in [2.05, 4.69) is 9.99 Å². The van der Waals surface area contributed by atoms with Crippen LogP contribution in [0.2, 0.25) is 0 Å². The van der Waals surface area contributed by atoms with Gasteiger partial charge < -0.3 is 19.4 Å². The lowest BCUT2D eigenvalue weighted by Crippen LogP contribution is -2.28. The number of carboxylic acids is 1. The molecular formula is C12H12N2O5. The third-order valence-corrected chi connectivity index (χ3v) is 1.97. The first-order valence-electron chi connectivity index (χ1n) is 5.24. The van der Waals surface area contributed by atoms with Crippen LogP contribution < -0.4 is 9.47 Å². The fourth-order valence-corrected chi connectivity index (χ4v) is 1.16. The van der Waals surface area contributed by atoms with Gasteiger partial charge in [0.1, 0.15) is 6.07 Å². The Morgan fingerprint density at radius 1 is 1.53 bits per heavy atom. The van der Waals surface area contributed by atoms with Crippen LogP contribution >= 0.6 is 0 Å². The summed E-state index contributed by atoms with van der Waals surface area (Å²) in [6.07, 6.45) is -0.387. The van der Waals surface area contributed by atoms with Crippen molar-refractivity contribution in [2.24, 2.45) is 5.16 Å². The molecule has 7 nitrogen and oxygen atoms in total. The minimum absolute atomic E-state index is 0.266. The molecule has 0 aliphatic heterocycles. The number of carboxylic acid groups (broad SMARTS) is 1. The van der Waals surface area contributed by atoms with Gasteiger partial charge in [0.2, 0.25) is 12.7 Å². The molecule has 0 aromatic heterocycles. The Balaban J connectivity index is 2.76. The van der Waals surface area contributed by atoms with E-state index in [1.165, 1.54) is 7.11 Å². The van der Waals surface area contributed by atoms with Crippen molar-refractivity contribution in [3.05, 3.63) is 24.3 Å². The SMILES string of the molecule is COc1ccccc1OC(C=NOCC#N)C(=O)O. The van der Waals surface area contributed by atoms with Gasteiger partial charge in [-0.2, -0.15) is 5.26 Å². The van der Waals surface area contributed by atoms with Gasteiger partial charge in [0, 0.05) is 0 Å². The molecule has 0 amide bonds. The summed E-state index contributed by atoms with van der Waals surface area (Å²) < 4.78 is 10.3.